The molecule has 0 radical (unpaired) electrons. The fourth-order valence-electron chi connectivity index (χ4n) is 1.74. The van der Waals surface area contributed by atoms with E-state index >= 15 is 0 Å². The van der Waals surface area contributed by atoms with Crippen LogP contribution in [0.1, 0.15) is 12.0 Å². The van der Waals surface area contributed by atoms with Crippen LogP contribution < -0.4 is 5.32 Å². The van der Waals surface area contributed by atoms with Gasteiger partial charge in [0.15, 0.2) is 0 Å². The van der Waals surface area contributed by atoms with E-state index in [9.17, 15) is 0 Å². The minimum atomic E-state index is 0.0845. The number of nitrogens with zero attached hydrogens (tertiary/aromatic N) is 1. The Morgan fingerprint density at radius 2 is 2.35 bits per heavy atom. The molecule has 90 valence electrons. The molecule has 2 rings (SSSR count). The smallest absolute Gasteiger partial charge is 0.145 e. The average molecular weight is 251 g/mol. The van der Waals surface area contributed by atoms with Gasteiger partial charge in [0.25, 0.3) is 0 Å². The normalized spacial score (nSPS) is 18.6. The van der Waals surface area contributed by atoms with Gasteiger partial charge in [0.2, 0.25) is 0 Å². The number of nitrogens with one attached hydrogen (secondary N) is 1. The van der Waals surface area contributed by atoms with E-state index in [-0.39, 0.29) is 6.10 Å². The Balaban J connectivity index is 1.93. The number of hydrogen-bond acceptors (Lipinski definition) is 3. The van der Waals surface area contributed by atoms with Gasteiger partial charge < -0.3 is 10.2 Å². The van der Waals surface area contributed by atoms with Gasteiger partial charge >= 0.3 is 0 Å². The van der Waals surface area contributed by atoms with Crippen LogP contribution >= 0.6 is 11.6 Å². The van der Waals surface area contributed by atoms with Crippen molar-refractivity contribution in [2.75, 3.05) is 13.1 Å². The quantitative estimate of drug-likeness (QED) is 0.644. The van der Waals surface area contributed by atoms with Crippen LogP contribution in [-0.4, -0.2) is 24.9 Å². The lowest BCUT2D eigenvalue weighted by molar-refractivity contribution is 0.0859. The van der Waals surface area contributed by atoms with Gasteiger partial charge in [-0.2, -0.15) is 0 Å². The molecule has 0 bridgehead atoms. The molecule has 0 saturated heterocycles. The molecule has 4 heteroatoms. The Morgan fingerprint density at radius 3 is 3.12 bits per heavy atom. The summed E-state index contributed by atoms with van der Waals surface area (Å²) in [5.74, 6) is 0. The van der Waals surface area contributed by atoms with Gasteiger partial charge in [-0.3, -0.25) is 0 Å². The van der Waals surface area contributed by atoms with Crippen LogP contribution in [0.4, 0.5) is 0 Å². The van der Waals surface area contributed by atoms with Crippen LogP contribution in [0.2, 0.25) is 5.02 Å². The van der Waals surface area contributed by atoms with E-state index in [1.165, 1.54) is 0 Å². The third kappa shape index (κ3) is 3.08. The largest absolute Gasteiger partial charge is 0.390 e. The summed E-state index contributed by atoms with van der Waals surface area (Å²) in [4.78, 5) is 5.35. The molecule has 0 saturated carbocycles. The van der Waals surface area contributed by atoms with Crippen molar-refractivity contribution in [1.82, 2.24) is 5.32 Å². The third-order valence-corrected chi connectivity index (χ3v) is 2.91. The molecule has 0 spiro atoms. The predicted molar refractivity (Wildman–Crippen MR) is 70.5 cm³/mol. The van der Waals surface area contributed by atoms with Gasteiger partial charge in [-0.25, -0.2) is 0 Å². The van der Waals surface area contributed by atoms with Gasteiger partial charge in [-0.1, -0.05) is 41.0 Å². The summed E-state index contributed by atoms with van der Waals surface area (Å²) in [6.07, 6.45) is 2.69. The van der Waals surface area contributed by atoms with Gasteiger partial charge in [0.1, 0.15) is 6.10 Å². The Bertz CT molecular complexity index is 431. The Kier molecular flexibility index (Phi) is 4.18. The zero-order chi connectivity index (χ0) is 12.1. The average Bonchev–Trinajstić information content (AvgIpc) is 2.79. The third-order valence-electron chi connectivity index (χ3n) is 2.58. The highest BCUT2D eigenvalue weighted by Gasteiger charge is 2.22. The van der Waals surface area contributed by atoms with E-state index in [2.05, 4.69) is 17.1 Å². The summed E-state index contributed by atoms with van der Waals surface area (Å²) < 4.78 is 0. The summed E-state index contributed by atoms with van der Waals surface area (Å²) in [6, 6.07) is 7.69. The summed E-state index contributed by atoms with van der Waals surface area (Å²) in [7, 11) is 0. The molecule has 3 nitrogen and oxygen atoms in total. The maximum atomic E-state index is 6.11. The molecule has 1 atom stereocenters. The molecule has 0 amide bonds. The van der Waals surface area contributed by atoms with E-state index in [1.807, 2.05) is 30.3 Å². The highest BCUT2D eigenvalue weighted by atomic mass is 35.5. The first-order valence-corrected chi connectivity index (χ1v) is 5.98. The number of halogens is 1. The van der Waals surface area contributed by atoms with Crippen LogP contribution in [0.3, 0.4) is 0 Å². The standard InChI is InChI=1S/C13H15ClN2O/c1-2-7-15-9-10-8-13(16-17-10)11-5-3-4-6-12(11)14/h2-6,10,15H,1,7-9H2. The zero-order valence-corrected chi connectivity index (χ0v) is 10.3. The van der Waals surface area contributed by atoms with E-state index < -0.39 is 0 Å². The molecule has 1 aromatic rings. The van der Waals surface area contributed by atoms with E-state index in [1.54, 1.807) is 0 Å². The van der Waals surface area contributed by atoms with Crippen molar-refractivity contribution < 1.29 is 4.84 Å². The van der Waals surface area contributed by atoms with Crippen LogP contribution in [-0.2, 0) is 4.84 Å². The Hall–Kier alpha value is -1.32. The molecule has 1 aromatic carbocycles. The minimum Gasteiger partial charge on any atom is -0.390 e. The second-order valence-corrected chi connectivity index (χ2v) is 4.30. The maximum absolute atomic E-state index is 6.11. The molecule has 0 fully saturated rings. The number of rotatable bonds is 5. The molecular weight excluding hydrogens is 236 g/mol. The first-order chi connectivity index (χ1) is 8.31. The number of benzene rings is 1. The molecule has 1 aliphatic heterocycles. The predicted octanol–water partition coefficient (Wildman–Crippen LogP) is 2.61. The summed E-state index contributed by atoms with van der Waals surface area (Å²) in [5.41, 5.74) is 1.88. The van der Waals surface area contributed by atoms with Crippen LogP contribution in [0.5, 0.6) is 0 Å². The van der Waals surface area contributed by atoms with Gasteiger partial charge in [-0.05, 0) is 6.07 Å². The maximum Gasteiger partial charge on any atom is 0.145 e. The highest BCUT2D eigenvalue weighted by molar-refractivity contribution is 6.34. The second kappa shape index (κ2) is 5.84. The fourth-order valence-corrected chi connectivity index (χ4v) is 1.98. The van der Waals surface area contributed by atoms with E-state index in [4.69, 9.17) is 16.4 Å². The molecule has 17 heavy (non-hydrogen) atoms. The van der Waals surface area contributed by atoms with Crippen molar-refractivity contribution in [3.8, 4) is 0 Å². The van der Waals surface area contributed by atoms with Crippen LogP contribution in [0.25, 0.3) is 0 Å². The van der Waals surface area contributed by atoms with Crippen molar-refractivity contribution in [2.24, 2.45) is 5.16 Å². The lowest BCUT2D eigenvalue weighted by atomic mass is 10.1. The summed E-state index contributed by atoms with van der Waals surface area (Å²) in [5, 5.41) is 8.02. The van der Waals surface area contributed by atoms with Crippen molar-refractivity contribution in [1.29, 1.82) is 0 Å². The lowest BCUT2D eigenvalue weighted by Crippen LogP contribution is -2.27. The topological polar surface area (TPSA) is 33.6 Å². The van der Waals surface area contributed by atoms with Crippen molar-refractivity contribution in [2.45, 2.75) is 12.5 Å². The van der Waals surface area contributed by atoms with Gasteiger partial charge in [-0.15, -0.1) is 6.58 Å². The summed E-state index contributed by atoms with van der Waals surface area (Å²) >= 11 is 6.11. The molecule has 1 aliphatic rings. The van der Waals surface area contributed by atoms with Gasteiger partial charge in [0, 0.05) is 30.1 Å². The molecule has 0 aromatic heterocycles. The fraction of sp³-hybridized carbons (Fsp3) is 0.308. The van der Waals surface area contributed by atoms with Gasteiger partial charge in [0.05, 0.1) is 5.71 Å². The van der Waals surface area contributed by atoms with Crippen LogP contribution in [0, 0.1) is 0 Å². The molecule has 1 N–H and O–H groups in total. The summed E-state index contributed by atoms with van der Waals surface area (Å²) in [6.45, 7) is 5.20. The Morgan fingerprint density at radius 1 is 1.53 bits per heavy atom. The zero-order valence-electron chi connectivity index (χ0n) is 9.53. The SMILES string of the molecule is C=CCNCC1CC(c2ccccc2Cl)=NO1. The first-order valence-electron chi connectivity index (χ1n) is 5.60. The Labute approximate surface area is 106 Å². The van der Waals surface area contributed by atoms with Crippen molar-refractivity contribution in [3.05, 3.63) is 47.5 Å². The van der Waals surface area contributed by atoms with Crippen molar-refractivity contribution in [3.63, 3.8) is 0 Å². The monoisotopic (exact) mass is 250 g/mol. The lowest BCUT2D eigenvalue weighted by Gasteiger charge is -2.07. The molecule has 0 aliphatic carbocycles. The highest BCUT2D eigenvalue weighted by Crippen LogP contribution is 2.22. The number of hydrogen-bond donors (Lipinski definition) is 1. The van der Waals surface area contributed by atoms with Crippen LogP contribution in [0.15, 0.2) is 42.1 Å². The van der Waals surface area contributed by atoms with E-state index in [0.29, 0.717) is 0 Å². The molecule has 1 unspecified atom stereocenters. The van der Waals surface area contributed by atoms with E-state index in [0.717, 1.165) is 35.8 Å². The molecule has 1 heterocycles. The second-order valence-electron chi connectivity index (χ2n) is 3.90. The number of oxime groups is 1. The minimum absolute atomic E-state index is 0.0845. The van der Waals surface area contributed by atoms with Crippen molar-refractivity contribution >= 4 is 17.3 Å². The molecular formula is C13H15ClN2O. The first kappa shape index (κ1) is 12.1.